The van der Waals surface area contributed by atoms with Gasteiger partial charge in [0.25, 0.3) is 11.8 Å². The first-order chi connectivity index (χ1) is 18.7. The second-order valence-electron chi connectivity index (χ2n) is 9.73. The average Bonchev–Trinajstić information content (AvgIpc) is 3.20. The van der Waals surface area contributed by atoms with Crippen molar-refractivity contribution in [3.8, 4) is 0 Å². The molecule has 3 aliphatic rings. The molecule has 0 bridgehead atoms. The first-order valence-corrected chi connectivity index (χ1v) is 13.4. The largest absolute Gasteiger partial charge is 0.388 e. The van der Waals surface area contributed by atoms with Crippen molar-refractivity contribution in [3.63, 3.8) is 0 Å². The molecule has 1 atom stereocenters. The summed E-state index contributed by atoms with van der Waals surface area (Å²) in [6.45, 7) is 5.74. The van der Waals surface area contributed by atoms with E-state index in [9.17, 15) is 9.59 Å². The Morgan fingerprint density at radius 3 is 2.64 bits per heavy atom. The lowest BCUT2D eigenvalue weighted by molar-refractivity contribution is -0.128. The molecule has 1 unspecified atom stereocenters. The van der Waals surface area contributed by atoms with Crippen LogP contribution in [0.4, 0.5) is 11.6 Å². The van der Waals surface area contributed by atoms with E-state index in [4.69, 9.17) is 28.8 Å². The molecule has 3 aliphatic heterocycles. The number of hydrazone groups is 1. The summed E-state index contributed by atoms with van der Waals surface area (Å²) in [5.74, 6) is 0.378. The van der Waals surface area contributed by atoms with Crippen molar-refractivity contribution in [3.05, 3.63) is 34.8 Å². The van der Waals surface area contributed by atoms with Crippen molar-refractivity contribution in [2.45, 2.75) is 44.7 Å². The number of nitrogen functional groups attached to an aromatic ring is 1. The van der Waals surface area contributed by atoms with E-state index < -0.39 is 5.91 Å². The van der Waals surface area contributed by atoms with Gasteiger partial charge in [-0.1, -0.05) is 30.7 Å². The van der Waals surface area contributed by atoms with Crippen molar-refractivity contribution in [2.75, 3.05) is 50.4 Å². The summed E-state index contributed by atoms with van der Waals surface area (Å²) >= 11 is 6.35. The minimum Gasteiger partial charge on any atom is -0.388 e. The van der Waals surface area contributed by atoms with Gasteiger partial charge in [0.1, 0.15) is 12.2 Å². The minimum absolute atomic E-state index is 0.0123. The number of halogens is 1. The highest BCUT2D eigenvalue weighted by atomic mass is 35.5. The third kappa shape index (κ3) is 6.31. The summed E-state index contributed by atoms with van der Waals surface area (Å²) in [4.78, 5) is 44.1. The zero-order valence-corrected chi connectivity index (χ0v) is 23.1. The van der Waals surface area contributed by atoms with Crippen LogP contribution in [-0.2, 0) is 4.79 Å². The van der Waals surface area contributed by atoms with E-state index in [1.165, 1.54) is 6.34 Å². The summed E-state index contributed by atoms with van der Waals surface area (Å²) < 4.78 is 0. The Hall–Kier alpha value is -3.71. The Labute approximate surface area is 233 Å². The van der Waals surface area contributed by atoms with E-state index in [0.29, 0.717) is 55.9 Å². The Morgan fingerprint density at radius 2 is 1.97 bits per heavy atom. The third-order valence-electron chi connectivity index (χ3n) is 7.43. The normalized spacial score (nSPS) is 21.1. The number of nitrogens with two attached hydrogens (primary N) is 3. The van der Waals surface area contributed by atoms with Gasteiger partial charge in [-0.3, -0.25) is 19.5 Å². The SMILES string of the molecule is CCC1CN(c2nc(N)c(C(N)=O)nc2Cl)CCN1C1CCN(C(=O)C2=CN=C(N(C)/N=C\N)CC=C2)CC1. The molecule has 1 aromatic rings. The molecule has 4 rings (SSSR count). The molecule has 4 heterocycles. The molecule has 13 nitrogen and oxygen atoms in total. The monoisotopic (exact) mass is 557 g/mol. The first kappa shape index (κ1) is 28.3. The summed E-state index contributed by atoms with van der Waals surface area (Å²) in [6.07, 6.45) is 9.85. The second-order valence-corrected chi connectivity index (χ2v) is 10.1. The molecule has 1 aromatic heterocycles. The molecule has 6 N–H and O–H groups in total. The van der Waals surface area contributed by atoms with Crippen LogP contribution in [0.25, 0.3) is 0 Å². The molecule has 14 heteroatoms. The van der Waals surface area contributed by atoms with Crippen molar-refractivity contribution in [1.82, 2.24) is 24.8 Å². The van der Waals surface area contributed by atoms with Crippen molar-refractivity contribution in [1.29, 1.82) is 0 Å². The number of piperidine rings is 1. The van der Waals surface area contributed by atoms with E-state index in [1.807, 2.05) is 17.1 Å². The van der Waals surface area contributed by atoms with Crippen molar-refractivity contribution < 1.29 is 9.59 Å². The highest BCUT2D eigenvalue weighted by Gasteiger charge is 2.35. The number of anilines is 2. The van der Waals surface area contributed by atoms with Crippen LogP contribution in [0.1, 0.15) is 43.1 Å². The number of amidine groups is 1. The number of piperazine rings is 1. The molecule has 0 aliphatic carbocycles. The lowest BCUT2D eigenvalue weighted by Gasteiger charge is -2.47. The molecular weight excluding hydrogens is 522 g/mol. The molecular formula is C25H36ClN11O2. The van der Waals surface area contributed by atoms with Crippen LogP contribution in [0.5, 0.6) is 0 Å². The van der Waals surface area contributed by atoms with Gasteiger partial charge >= 0.3 is 0 Å². The smallest absolute Gasteiger partial charge is 0.271 e. The minimum atomic E-state index is -0.761. The van der Waals surface area contributed by atoms with Gasteiger partial charge in [-0.05, 0) is 19.3 Å². The van der Waals surface area contributed by atoms with E-state index in [1.54, 1.807) is 18.3 Å². The number of carbonyl (C=O) groups is 2. The van der Waals surface area contributed by atoms with Gasteiger partial charge in [0.15, 0.2) is 22.5 Å². The number of primary amides is 1. The molecule has 0 aromatic carbocycles. The Bertz CT molecular complexity index is 1210. The number of carbonyl (C=O) groups excluding carboxylic acids is 2. The van der Waals surface area contributed by atoms with Crippen LogP contribution < -0.4 is 22.1 Å². The summed E-state index contributed by atoms with van der Waals surface area (Å²) in [6, 6.07) is 0.644. The highest BCUT2D eigenvalue weighted by molar-refractivity contribution is 6.32. The quantitative estimate of drug-likeness (QED) is 0.259. The molecule has 0 spiro atoms. The zero-order valence-electron chi connectivity index (χ0n) is 22.3. The van der Waals surface area contributed by atoms with Gasteiger partial charge in [-0.25, -0.2) is 15.0 Å². The predicted molar refractivity (Wildman–Crippen MR) is 152 cm³/mol. The lowest BCUT2D eigenvalue weighted by Crippen LogP contribution is -2.59. The molecule has 210 valence electrons. The maximum Gasteiger partial charge on any atom is 0.271 e. The predicted octanol–water partition coefficient (Wildman–Crippen LogP) is 0.779. The maximum absolute atomic E-state index is 13.2. The summed E-state index contributed by atoms with van der Waals surface area (Å²) in [7, 11) is 1.77. The zero-order chi connectivity index (χ0) is 28.1. The lowest BCUT2D eigenvalue weighted by atomic mass is 9.97. The number of aliphatic imine (C=N–C) groups is 1. The average molecular weight is 558 g/mol. The number of amides is 2. The first-order valence-electron chi connectivity index (χ1n) is 13.1. The van der Waals surface area contributed by atoms with Gasteiger partial charge in [-0.2, -0.15) is 5.10 Å². The summed E-state index contributed by atoms with van der Waals surface area (Å²) in [5, 5.41) is 5.72. The number of likely N-dealkylation sites (tertiary alicyclic amines) is 1. The van der Waals surface area contributed by atoms with Crippen LogP contribution in [0.3, 0.4) is 0 Å². The Kier molecular flexibility index (Phi) is 9.02. The fourth-order valence-corrected chi connectivity index (χ4v) is 5.58. The molecule has 0 radical (unpaired) electrons. The Balaban J connectivity index is 1.37. The van der Waals surface area contributed by atoms with Crippen LogP contribution in [0.15, 0.2) is 34.0 Å². The van der Waals surface area contributed by atoms with Gasteiger partial charge in [-0.15, -0.1) is 0 Å². The fourth-order valence-electron chi connectivity index (χ4n) is 5.33. The van der Waals surface area contributed by atoms with Crippen LogP contribution in [0, 0.1) is 0 Å². The van der Waals surface area contributed by atoms with E-state index in [2.05, 4.69) is 36.8 Å². The van der Waals surface area contributed by atoms with E-state index in [0.717, 1.165) is 25.8 Å². The van der Waals surface area contributed by atoms with E-state index >= 15 is 0 Å². The number of nitrogens with zero attached hydrogens (tertiary/aromatic N) is 8. The molecule has 0 saturated carbocycles. The number of hydrogen-bond donors (Lipinski definition) is 3. The fraction of sp³-hybridized carbons (Fsp3) is 0.520. The molecule has 2 saturated heterocycles. The maximum atomic E-state index is 13.2. The molecule has 2 amide bonds. The molecule has 39 heavy (non-hydrogen) atoms. The van der Waals surface area contributed by atoms with Crippen molar-refractivity contribution >= 4 is 47.2 Å². The topological polar surface area (TPSA) is 176 Å². The van der Waals surface area contributed by atoms with Crippen LogP contribution >= 0.6 is 11.6 Å². The Morgan fingerprint density at radius 1 is 1.23 bits per heavy atom. The second kappa shape index (κ2) is 12.4. The number of rotatable bonds is 6. The van der Waals surface area contributed by atoms with Gasteiger partial charge in [0, 0.05) is 64.5 Å². The van der Waals surface area contributed by atoms with Crippen LogP contribution in [0.2, 0.25) is 5.15 Å². The van der Waals surface area contributed by atoms with Gasteiger partial charge in [0.05, 0.1) is 5.57 Å². The third-order valence-corrected chi connectivity index (χ3v) is 7.68. The standard InChI is InChI=1S/C25H36ClN11O2/c1-3-17-14-36(24-21(26)32-20(23(29)38)22(28)33-24)11-12-37(17)18-7-9-35(10-8-18)25(39)16-5-4-6-19(30-13-16)34(2)31-15-27/h4-5,13,15,17-18H,3,6-12,14H2,1-2H3,(H2,27,31)(H2,28,33)(H2,29,38). The van der Waals surface area contributed by atoms with Gasteiger partial charge in [0.2, 0.25) is 0 Å². The highest BCUT2D eigenvalue weighted by Crippen LogP contribution is 2.30. The van der Waals surface area contributed by atoms with Gasteiger partial charge < -0.3 is 27.0 Å². The van der Waals surface area contributed by atoms with E-state index in [-0.39, 0.29) is 28.6 Å². The summed E-state index contributed by atoms with van der Waals surface area (Å²) in [5.41, 5.74) is 17.0. The molecule has 2 fully saturated rings. The number of hydrogen-bond acceptors (Lipinski definition) is 10. The number of aromatic nitrogens is 2. The van der Waals surface area contributed by atoms with Crippen LogP contribution in [-0.4, -0.2) is 101 Å². The van der Waals surface area contributed by atoms with Crippen molar-refractivity contribution in [2.24, 2.45) is 21.6 Å².